The van der Waals surface area contributed by atoms with Gasteiger partial charge in [0.25, 0.3) is 11.6 Å². The first-order chi connectivity index (χ1) is 13.1. The summed E-state index contributed by atoms with van der Waals surface area (Å²) in [5, 5.41) is 14.2. The van der Waals surface area contributed by atoms with E-state index in [9.17, 15) is 14.9 Å². The number of nitrogens with one attached hydrogen (secondary N) is 1. The van der Waals surface area contributed by atoms with Crippen LogP contribution >= 0.6 is 0 Å². The van der Waals surface area contributed by atoms with E-state index in [1.165, 1.54) is 24.3 Å². The second-order valence-corrected chi connectivity index (χ2v) is 5.46. The lowest BCUT2D eigenvalue weighted by Crippen LogP contribution is -2.23. The van der Waals surface area contributed by atoms with Gasteiger partial charge in [0.2, 0.25) is 0 Å². The van der Waals surface area contributed by atoms with Crippen LogP contribution in [0.1, 0.15) is 10.4 Å². The smallest absolute Gasteiger partial charge is 0.269 e. The first-order valence-corrected chi connectivity index (χ1v) is 8.10. The van der Waals surface area contributed by atoms with Gasteiger partial charge in [-0.3, -0.25) is 19.9 Å². The van der Waals surface area contributed by atoms with Crippen LogP contribution in [0.15, 0.2) is 60.8 Å². The molecule has 1 amide bonds. The van der Waals surface area contributed by atoms with E-state index < -0.39 is 4.92 Å². The van der Waals surface area contributed by atoms with Crippen LogP contribution in [0.5, 0.6) is 5.75 Å². The number of hydrogen-bond donors (Lipinski definition) is 1. The molecule has 0 radical (unpaired) electrons. The fraction of sp³-hybridized carbons (Fsp3) is 0.100. The number of benzene rings is 2. The SMILES string of the molecule is O=C(NCC#CCOc1cccc2cccnc12)c1ccc([N+](=O)[O-])cc1. The van der Waals surface area contributed by atoms with Gasteiger partial charge in [0.1, 0.15) is 17.9 Å². The van der Waals surface area contributed by atoms with Gasteiger partial charge in [-0.05, 0) is 24.3 Å². The zero-order valence-electron chi connectivity index (χ0n) is 14.2. The Morgan fingerprint density at radius 1 is 1.11 bits per heavy atom. The molecular weight excluding hydrogens is 346 g/mol. The lowest BCUT2D eigenvalue weighted by Gasteiger charge is -2.05. The van der Waals surface area contributed by atoms with Gasteiger partial charge in [0.15, 0.2) is 0 Å². The van der Waals surface area contributed by atoms with Gasteiger partial charge < -0.3 is 10.1 Å². The molecule has 2 aromatic carbocycles. The van der Waals surface area contributed by atoms with E-state index in [0.29, 0.717) is 11.3 Å². The zero-order valence-corrected chi connectivity index (χ0v) is 14.2. The van der Waals surface area contributed by atoms with Crippen LogP contribution in [0.25, 0.3) is 10.9 Å². The van der Waals surface area contributed by atoms with E-state index >= 15 is 0 Å². The first kappa shape index (κ1) is 17.9. The average Bonchev–Trinajstić information content (AvgIpc) is 2.70. The number of amides is 1. The van der Waals surface area contributed by atoms with E-state index in [2.05, 4.69) is 22.1 Å². The molecule has 0 fully saturated rings. The van der Waals surface area contributed by atoms with Gasteiger partial charge in [-0.2, -0.15) is 0 Å². The summed E-state index contributed by atoms with van der Waals surface area (Å²) in [4.78, 5) is 26.3. The second-order valence-electron chi connectivity index (χ2n) is 5.46. The summed E-state index contributed by atoms with van der Waals surface area (Å²) in [6.07, 6.45) is 1.70. The van der Waals surface area contributed by atoms with Crippen LogP contribution in [0.2, 0.25) is 0 Å². The van der Waals surface area contributed by atoms with Crippen molar-refractivity contribution in [2.24, 2.45) is 0 Å². The molecule has 0 aliphatic heterocycles. The van der Waals surface area contributed by atoms with Crippen molar-refractivity contribution in [3.05, 3.63) is 76.5 Å². The normalized spacial score (nSPS) is 9.93. The number of aromatic nitrogens is 1. The highest BCUT2D eigenvalue weighted by molar-refractivity contribution is 5.94. The van der Waals surface area contributed by atoms with Gasteiger partial charge >= 0.3 is 0 Å². The van der Waals surface area contributed by atoms with E-state index in [4.69, 9.17) is 4.74 Å². The number of carbonyl (C=O) groups excluding carboxylic acids is 1. The van der Waals surface area contributed by atoms with E-state index in [0.717, 1.165) is 10.9 Å². The summed E-state index contributed by atoms with van der Waals surface area (Å²) in [5.41, 5.74) is 1.04. The van der Waals surface area contributed by atoms with E-state index in [1.54, 1.807) is 6.20 Å². The fourth-order valence-electron chi connectivity index (χ4n) is 2.38. The Labute approximate surface area is 155 Å². The number of rotatable bonds is 5. The van der Waals surface area contributed by atoms with Crippen LogP contribution in [0.4, 0.5) is 5.69 Å². The molecule has 1 heterocycles. The molecule has 0 aliphatic rings. The Morgan fingerprint density at radius 3 is 2.67 bits per heavy atom. The van der Waals surface area contributed by atoms with Crippen LogP contribution in [0.3, 0.4) is 0 Å². The molecule has 0 spiro atoms. The first-order valence-electron chi connectivity index (χ1n) is 8.10. The summed E-state index contributed by atoms with van der Waals surface area (Å²) in [6.45, 7) is 0.316. The third-order valence-electron chi connectivity index (χ3n) is 3.70. The summed E-state index contributed by atoms with van der Waals surface area (Å²) < 4.78 is 5.63. The minimum Gasteiger partial charge on any atom is -0.479 e. The minimum absolute atomic E-state index is 0.0635. The van der Waals surface area contributed by atoms with Crippen LogP contribution in [-0.4, -0.2) is 29.0 Å². The highest BCUT2D eigenvalue weighted by atomic mass is 16.6. The van der Waals surface area contributed by atoms with Crippen molar-refractivity contribution in [1.82, 2.24) is 10.3 Å². The van der Waals surface area contributed by atoms with E-state index in [1.807, 2.05) is 30.3 Å². The number of nitro groups is 1. The number of para-hydroxylation sites is 1. The van der Waals surface area contributed by atoms with Crippen LogP contribution in [-0.2, 0) is 0 Å². The number of nitrogens with zero attached hydrogens (tertiary/aromatic N) is 2. The van der Waals surface area contributed by atoms with Crippen molar-refractivity contribution >= 4 is 22.5 Å². The van der Waals surface area contributed by atoms with Gasteiger partial charge in [0, 0.05) is 29.3 Å². The van der Waals surface area contributed by atoms with Crippen molar-refractivity contribution < 1.29 is 14.5 Å². The summed E-state index contributed by atoms with van der Waals surface area (Å²) in [6, 6.07) is 14.8. The minimum atomic E-state index is -0.515. The fourth-order valence-corrected chi connectivity index (χ4v) is 2.38. The lowest BCUT2D eigenvalue weighted by atomic mass is 10.2. The number of nitro benzene ring substituents is 1. The largest absolute Gasteiger partial charge is 0.479 e. The number of carbonyl (C=O) groups is 1. The molecule has 0 aliphatic carbocycles. The number of ether oxygens (including phenoxy) is 1. The maximum atomic E-state index is 11.9. The lowest BCUT2D eigenvalue weighted by molar-refractivity contribution is -0.384. The molecule has 3 aromatic rings. The molecule has 1 N–H and O–H groups in total. The van der Waals surface area contributed by atoms with Crippen molar-refractivity contribution in [1.29, 1.82) is 0 Å². The highest BCUT2D eigenvalue weighted by Crippen LogP contribution is 2.22. The van der Waals surface area contributed by atoms with Crippen molar-refractivity contribution in [3.8, 4) is 17.6 Å². The number of hydrogen-bond acceptors (Lipinski definition) is 5. The Morgan fingerprint density at radius 2 is 1.89 bits per heavy atom. The van der Waals surface area contributed by atoms with Gasteiger partial charge in [-0.1, -0.05) is 30.0 Å². The van der Waals surface area contributed by atoms with Gasteiger partial charge in [-0.25, -0.2) is 0 Å². The molecule has 0 unspecified atom stereocenters. The van der Waals surface area contributed by atoms with Crippen molar-refractivity contribution in [2.45, 2.75) is 0 Å². The Hall–Kier alpha value is -3.92. The molecule has 1 aromatic heterocycles. The maximum absolute atomic E-state index is 11.9. The predicted octanol–water partition coefficient (Wildman–Crippen LogP) is 2.96. The highest BCUT2D eigenvalue weighted by Gasteiger charge is 2.08. The summed E-state index contributed by atoms with van der Waals surface area (Å²) in [7, 11) is 0. The Bertz CT molecular complexity index is 1030. The maximum Gasteiger partial charge on any atom is 0.269 e. The quantitative estimate of drug-likeness (QED) is 0.428. The molecule has 27 heavy (non-hydrogen) atoms. The number of fused-ring (bicyclic) bond motifs is 1. The van der Waals surface area contributed by atoms with Crippen LogP contribution in [0, 0.1) is 22.0 Å². The molecule has 0 saturated heterocycles. The van der Waals surface area contributed by atoms with E-state index in [-0.39, 0.29) is 24.7 Å². The molecule has 0 saturated carbocycles. The Kier molecular flexibility index (Phi) is 5.60. The molecule has 7 heteroatoms. The van der Waals surface area contributed by atoms with Crippen molar-refractivity contribution in [2.75, 3.05) is 13.2 Å². The summed E-state index contributed by atoms with van der Waals surface area (Å²) in [5.74, 6) is 5.93. The molecule has 0 bridgehead atoms. The standard InChI is InChI=1S/C20H15N3O4/c24-20(16-8-10-17(11-9-16)23(25)26)22-12-1-2-14-27-18-7-3-5-15-6-4-13-21-19(15)18/h3-11,13H,12,14H2,(H,22,24). The molecule has 3 rings (SSSR count). The predicted molar refractivity (Wildman–Crippen MR) is 100 cm³/mol. The molecular formula is C20H15N3O4. The van der Waals surface area contributed by atoms with Crippen molar-refractivity contribution in [3.63, 3.8) is 0 Å². The molecule has 134 valence electrons. The van der Waals surface area contributed by atoms with Gasteiger partial charge in [0.05, 0.1) is 11.5 Å². The number of non-ortho nitro benzene ring substituents is 1. The topological polar surface area (TPSA) is 94.4 Å². The van der Waals surface area contributed by atoms with Crippen LogP contribution < -0.4 is 10.1 Å². The summed E-state index contributed by atoms with van der Waals surface area (Å²) >= 11 is 0. The molecule has 7 nitrogen and oxygen atoms in total. The third kappa shape index (κ3) is 4.58. The monoisotopic (exact) mass is 361 g/mol. The Balaban J connectivity index is 1.49. The average molecular weight is 361 g/mol. The second kappa shape index (κ2) is 8.45. The zero-order chi connectivity index (χ0) is 19.1. The number of pyridine rings is 1. The van der Waals surface area contributed by atoms with Gasteiger partial charge in [-0.15, -0.1) is 0 Å². The molecule has 0 atom stereocenters. The third-order valence-corrected chi connectivity index (χ3v) is 3.70.